The molecule has 5 nitrogen and oxygen atoms in total. The Bertz CT molecular complexity index is 153. The molecule has 0 saturated carbocycles. The third-order valence-corrected chi connectivity index (χ3v) is 1.91. The first-order valence-electron chi connectivity index (χ1n) is 4.35. The number of aliphatic carboxylic acids is 1. The summed E-state index contributed by atoms with van der Waals surface area (Å²) in [6.07, 6.45) is 0.373. The van der Waals surface area contributed by atoms with Gasteiger partial charge in [-0.3, -0.25) is 4.79 Å². The van der Waals surface area contributed by atoms with E-state index in [-0.39, 0.29) is 6.61 Å². The molecule has 2 N–H and O–H groups in total. The Morgan fingerprint density at radius 1 is 1.21 bits per heavy atom. The molecule has 6 heteroatoms. The molecule has 0 saturated heterocycles. The maximum absolute atomic E-state index is 10.3. The number of carboxylic acid groups (broad SMARTS) is 1. The molecular weight excluding hydrogens is 208 g/mol. The predicted molar refractivity (Wildman–Crippen MR) is 53.8 cm³/mol. The molecule has 0 amide bonds. The molecule has 84 valence electrons. The molecule has 0 bridgehead atoms. The third-order valence-electron chi connectivity index (χ3n) is 1.43. The summed E-state index contributed by atoms with van der Waals surface area (Å²) in [6.45, 7) is 1.46. The van der Waals surface area contributed by atoms with Gasteiger partial charge in [-0.2, -0.15) is 12.6 Å². The quantitative estimate of drug-likeness (QED) is 0.373. The van der Waals surface area contributed by atoms with E-state index in [9.17, 15) is 4.79 Å². The van der Waals surface area contributed by atoms with Gasteiger partial charge < -0.3 is 19.7 Å². The van der Waals surface area contributed by atoms with Crippen LogP contribution in [0.3, 0.4) is 0 Å². The molecule has 0 fully saturated rings. The van der Waals surface area contributed by atoms with Crippen molar-refractivity contribution in [2.75, 3.05) is 33.0 Å². The zero-order chi connectivity index (χ0) is 10.8. The van der Waals surface area contributed by atoms with Crippen LogP contribution in [0.15, 0.2) is 0 Å². The first-order valence-corrected chi connectivity index (χ1v) is 4.87. The van der Waals surface area contributed by atoms with Crippen molar-refractivity contribution in [1.29, 1.82) is 0 Å². The predicted octanol–water partition coefficient (Wildman–Crippen LogP) is -0.215. The number of thiol groups is 1. The molecule has 0 aromatic carbocycles. The number of carbonyl (C=O) groups is 1. The summed E-state index contributed by atoms with van der Waals surface area (Å²) in [6, 6.07) is 0. The van der Waals surface area contributed by atoms with Gasteiger partial charge in [-0.05, 0) is 6.42 Å². The molecule has 0 heterocycles. The molecule has 0 rings (SSSR count). The highest BCUT2D eigenvalue weighted by Crippen LogP contribution is 2.00. The molecule has 0 aliphatic rings. The van der Waals surface area contributed by atoms with Crippen molar-refractivity contribution < 1.29 is 24.5 Å². The Balaban J connectivity index is 3.09. The van der Waals surface area contributed by atoms with E-state index in [0.29, 0.717) is 32.8 Å². The van der Waals surface area contributed by atoms with Crippen LogP contribution in [0.25, 0.3) is 0 Å². The second-order valence-electron chi connectivity index (χ2n) is 2.59. The molecule has 0 aliphatic carbocycles. The third kappa shape index (κ3) is 8.31. The van der Waals surface area contributed by atoms with Crippen LogP contribution in [-0.4, -0.2) is 54.5 Å². The second-order valence-corrected chi connectivity index (χ2v) is 3.21. The molecule has 14 heavy (non-hydrogen) atoms. The fraction of sp³-hybridized carbons (Fsp3) is 0.875. The summed E-state index contributed by atoms with van der Waals surface area (Å²) < 4.78 is 10.0. The van der Waals surface area contributed by atoms with Crippen LogP contribution in [0.2, 0.25) is 0 Å². The van der Waals surface area contributed by atoms with Crippen molar-refractivity contribution in [1.82, 2.24) is 0 Å². The molecule has 0 radical (unpaired) electrons. The van der Waals surface area contributed by atoms with Crippen LogP contribution >= 0.6 is 12.6 Å². The fourth-order valence-corrected chi connectivity index (χ4v) is 0.810. The van der Waals surface area contributed by atoms with E-state index >= 15 is 0 Å². The van der Waals surface area contributed by atoms with Gasteiger partial charge >= 0.3 is 5.97 Å². The van der Waals surface area contributed by atoms with E-state index in [0.717, 1.165) is 0 Å². The van der Waals surface area contributed by atoms with Crippen molar-refractivity contribution in [3.05, 3.63) is 0 Å². The van der Waals surface area contributed by atoms with Gasteiger partial charge in [0.2, 0.25) is 0 Å². The first-order chi connectivity index (χ1) is 6.68. The van der Waals surface area contributed by atoms with E-state index < -0.39 is 11.2 Å². The average Bonchev–Trinajstić information content (AvgIpc) is 2.16. The van der Waals surface area contributed by atoms with Gasteiger partial charge in [0, 0.05) is 6.61 Å². The minimum absolute atomic E-state index is 0.00225. The Kier molecular flexibility index (Phi) is 9.06. The summed E-state index contributed by atoms with van der Waals surface area (Å²) in [5.41, 5.74) is 0. The van der Waals surface area contributed by atoms with Crippen molar-refractivity contribution in [2.24, 2.45) is 0 Å². The van der Waals surface area contributed by atoms with Crippen LogP contribution in [0.1, 0.15) is 6.42 Å². The summed E-state index contributed by atoms with van der Waals surface area (Å²) in [7, 11) is 0. The molecule has 0 aromatic rings. The summed E-state index contributed by atoms with van der Waals surface area (Å²) in [4.78, 5) is 10.3. The standard InChI is InChI=1S/C8H16O5S/c9-2-4-13-6-5-12-3-1-7(14)8(10)11/h7,9,14H,1-6H2,(H,10,11). The van der Waals surface area contributed by atoms with Gasteiger partial charge in [-0.15, -0.1) is 0 Å². The molecule has 0 spiro atoms. The number of hydrogen-bond donors (Lipinski definition) is 3. The SMILES string of the molecule is O=C(O)C(S)CCOCCOCCO. The normalized spacial score (nSPS) is 12.7. The van der Waals surface area contributed by atoms with Crippen molar-refractivity contribution in [3.63, 3.8) is 0 Å². The zero-order valence-electron chi connectivity index (χ0n) is 7.89. The first kappa shape index (κ1) is 13.7. The number of ether oxygens (including phenoxy) is 2. The zero-order valence-corrected chi connectivity index (χ0v) is 8.78. The van der Waals surface area contributed by atoms with Gasteiger partial charge in [0.1, 0.15) is 5.25 Å². The van der Waals surface area contributed by atoms with Crippen LogP contribution < -0.4 is 0 Å². The molecule has 1 unspecified atom stereocenters. The Morgan fingerprint density at radius 2 is 1.79 bits per heavy atom. The van der Waals surface area contributed by atoms with Crippen LogP contribution in [-0.2, 0) is 14.3 Å². The van der Waals surface area contributed by atoms with Crippen molar-refractivity contribution in [3.8, 4) is 0 Å². The molecule has 0 aliphatic heterocycles. The van der Waals surface area contributed by atoms with E-state index in [4.69, 9.17) is 19.7 Å². The average molecular weight is 224 g/mol. The molecular formula is C8H16O5S. The van der Waals surface area contributed by atoms with E-state index in [1.165, 1.54) is 0 Å². The summed E-state index contributed by atoms with van der Waals surface area (Å²) in [5, 5.41) is 16.2. The Labute approximate surface area is 88.4 Å². The van der Waals surface area contributed by atoms with E-state index in [1.807, 2.05) is 0 Å². The Hall–Kier alpha value is -0.300. The fourth-order valence-electron chi connectivity index (χ4n) is 0.705. The Morgan fingerprint density at radius 3 is 2.29 bits per heavy atom. The summed E-state index contributed by atoms with van der Waals surface area (Å²) in [5.74, 6) is -0.937. The number of hydrogen-bond acceptors (Lipinski definition) is 5. The number of aliphatic hydroxyl groups excluding tert-OH is 1. The number of rotatable bonds is 9. The highest BCUT2D eigenvalue weighted by molar-refractivity contribution is 7.81. The van der Waals surface area contributed by atoms with Gasteiger partial charge in [0.05, 0.1) is 26.4 Å². The van der Waals surface area contributed by atoms with Gasteiger partial charge in [-0.25, -0.2) is 0 Å². The minimum Gasteiger partial charge on any atom is -0.480 e. The van der Waals surface area contributed by atoms with E-state index in [2.05, 4.69) is 12.6 Å². The monoisotopic (exact) mass is 224 g/mol. The topological polar surface area (TPSA) is 76.0 Å². The largest absolute Gasteiger partial charge is 0.480 e. The smallest absolute Gasteiger partial charge is 0.316 e. The number of carboxylic acids is 1. The number of aliphatic hydroxyl groups is 1. The van der Waals surface area contributed by atoms with Gasteiger partial charge in [0.15, 0.2) is 0 Å². The van der Waals surface area contributed by atoms with Crippen LogP contribution in [0, 0.1) is 0 Å². The summed E-state index contributed by atoms with van der Waals surface area (Å²) >= 11 is 3.84. The second kappa shape index (κ2) is 9.26. The van der Waals surface area contributed by atoms with Crippen LogP contribution in [0.5, 0.6) is 0 Å². The molecule has 1 atom stereocenters. The maximum Gasteiger partial charge on any atom is 0.316 e. The lowest BCUT2D eigenvalue weighted by molar-refractivity contribution is -0.136. The van der Waals surface area contributed by atoms with Crippen molar-refractivity contribution >= 4 is 18.6 Å². The molecule has 0 aromatic heterocycles. The van der Waals surface area contributed by atoms with Gasteiger partial charge in [-0.1, -0.05) is 0 Å². The lowest BCUT2D eigenvalue weighted by Gasteiger charge is -2.06. The lowest BCUT2D eigenvalue weighted by atomic mass is 10.3. The van der Waals surface area contributed by atoms with Crippen molar-refractivity contribution in [2.45, 2.75) is 11.7 Å². The van der Waals surface area contributed by atoms with E-state index in [1.54, 1.807) is 0 Å². The minimum atomic E-state index is -0.937. The highest BCUT2D eigenvalue weighted by Gasteiger charge is 2.10. The lowest BCUT2D eigenvalue weighted by Crippen LogP contribution is -2.16. The maximum atomic E-state index is 10.3. The highest BCUT2D eigenvalue weighted by atomic mass is 32.1. The van der Waals surface area contributed by atoms with Crippen LogP contribution in [0.4, 0.5) is 0 Å². The van der Waals surface area contributed by atoms with Gasteiger partial charge in [0.25, 0.3) is 0 Å².